The Morgan fingerprint density at radius 1 is 1.19 bits per heavy atom. The van der Waals surface area contributed by atoms with E-state index < -0.39 is 59.0 Å². The van der Waals surface area contributed by atoms with Crippen LogP contribution in [0.25, 0.3) is 0 Å². The molecule has 0 radical (unpaired) electrons. The number of hydrogen-bond donors (Lipinski definition) is 3. The highest BCUT2D eigenvalue weighted by Crippen LogP contribution is 2.46. The number of amides is 5. The minimum absolute atomic E-state index is 0.000793. The summed E-state index contributed by atoms with van der Waals surface area (Å²) in [5.41, 5.74) is -0.781. The molecule has 2 saturated heterocycles. The Labute approximate surface area is 258 Å². The van der Waals surface area contributed by atoms with E-state index in [1.165, 1.54) is 11.9 Å². The SMILES string of the molecule is C#CCNC(=O)[C@@H](NC(=O)[C@H]1N2C(=O)[C@@H](NC(=O)[C@H](C)N(C)C(=O)OC(C)(C)C)CCS[C@H]2CC1(C)C)c1ccccc1. The van der Waals surface area contributed by atoms with Gasteiger partial charge in [-0.3, -0.25) is 24.1 Å². The summed E-state index contributed by atoms with van der Waals surface area (Å²) in [6.45, 7) is 10.6. The van der Waals surface area contributed by atoms with Crippen LogP contribution in [0.4, 0.5) is 4.79 Å². The summed E-state index contributed by atoms with van der Waals surface area (Å²) in [6.07, 6.45) is 5.58. The minimum Gasteiger partial charge on any atom is -0.444 e. The van der Waals surface area contributed by atoms with E-state index >= 15 is 0 Å². The first-order chi connectivity index (χ1) is 20.1. The average Bonchev–Trinajstić information content (AvgIpc) is 3.13. The van der Waals surface area contributed by atoms with E-state index in [0.29, 0.717) is 24.2 Å². The summed E-state index contributed by atoms with van der Waals surface area (Å²) in [4.78, 5) is 69.5. The number of rotatable bonds is 8. The largest absolute Gasteiger partial charge is 0.444 e. The number of hydrogen-bond acceptors (Lipinski definition) is 7. The zero-order chi connectivity index (χ0) is 32.1. The lowest BCUT2D eigenvalue weighted by Gasteiger charge is -2.35. The van der Waals surface area contributed by atoms with Gasteiger partial charge in [-0.2, -0.15) is 0 Å². The second-order valence-electron chi connectivity index (χ2n) is 12.6. The third-order valence-corrected chi connectivity index (χ3v) is 8.80. The van der Waals surface area contributed by atoms with Crippen molar-refractivity contribution in [2.24, 2.45) is 5.41 Å². The van der Waals surface area contributed by atoms with Crippen LogP contribution in [-0.4, -0.2) is 88.0 Å². The normalized spacial score (nSPS) is 22.6. The quantitative estimate of drug-likeness (QED) is 0.383. The fourth-order valence-electron chi connectivity index (χ4n) is 5.22. The maximum absolute atomic E-state index is 14.0. The van der Waals surface area contributed by atoms with E-state index in [-0.39, 0.29) is 17.8 Å². The van der Waals surface area contributed by atoms with Crippen molar-refractivity contribution in [2.75, 3.05) is 19.3 Å². The van der Waals surface area contributed by atoms with Gasteiger partial charge < -0.3 is 25.6 Å². The molecule has 234 valence electrons. The Bertz CT molecular complexity index is 1260. The molecule has 0 spiro atoms. The third kappa shape index (κ3) is 8.22. The lowest BCUT2D eigenvalue weighted by molar-refractivity contribution is -0.144. The first-order valence-electron chi connectivity index (χ1n) is 14.3. The molecule has 0 aliphatic carbocycles. The molecule has 12 heteroatoms. The van der Waals surface area contributed by atoms with E-state index in [1.54, 1.807) is 74.7 Å². The van der Waals surface area contributed by atoms with Gasteiger partial charge in [0.05, 0.1) is 11.9 Å². The minimum atomic E-state index is -1.02. The Kier molecular flexibility index (Phi) is 10.8. The molecule has 3 rings (SSSR count). The molecule has 43 heavy (non-hydrogen) atoms. The van der Waals surface area contributed by atoms with Crippen molar-refractivity contribution in [2.45, 2.75) is 89.5 Å². The smallest absolute Gasteiger partial charge is 0.410 e. The monoisotopic (exact) mass is 613 g/mol. The zero-order valence-electron chi connectivity index (χ0n) is 25.9. The molecular weight excluding hydrogens is 570 g/mol. The van der Waals surface area contributed by atoms with Crippen LogP contribution in [0.5, 0.6) is 0 Å². The van der Waals surface area contributed by atoms with Gasteiger partial charge in [-0.1, -0.05) is 50.1 Å². The molecule has 0 bridgehead atoms. The maximum Gasteiger partial charge on any atom is 0.410 e. The standard InChI is InChI=1S/C31H43N5O6S/c1-9-16-32-26(38)23(20-13-11-10-12-14-20)34-27(39)24-31(6,7)18-22-36(24)28(40)21(15-17-43-22)33-25(37)19(2)35(8)29(41)42-30(3,4)5/h1,10-14,19,21-24H,15-18H2,2-8H3,(H,32,38)(H,33,37)(H,34,39)/t19-,21-,22-,23-,24+/m0/s1. The van der Waals surface area contributed by atoms with Crippen molar-refractivity contribution in [1.29, 1.82) is 0 Å². The lowest BCUT2D eigenvalue weighted by Crippen LogP contribution is -2.59. The molecule has 5 amide bonds. The molecule has 0 saturated carbocycles. The van der Waals surface area contributed by atoms with Crippen LogP contribution in [-0.2, 0) is 23.9 Å². The van der Waals surface area contributed by atoms with Crippen LogP contribution < -0.4 is 16.0 Å². The van der Waals surface area contributed by atoms with E-state index in [4.69, 9.17) is 11.2 Å². The first-order valence-corrected chi connectivity index (χ1v) is 15.4. The topological polar surface area (TPSA) is 137 Å². The molecule has 11 nitrogen and oxygen atoms in total. The van der Waals surface area contributed by atoms with Gasteiger partial charge in [-0.05, 0) is 57.3 Å². The van der Waals surface area contributed by atoms with Crippen molar-refractivity contribution in [1.82, 2.24) is 25.8 Å². The number of fused-ring (bicyclic) bond motifs is 1. The Morgan fingerprint density at radius 3 is 2.44 bits per heavy atom. The number of thioether (sulfide) groups is 1. The van der Waals surface area contributed by atoms with Gasteiger partial charge in [-0.15, -0.1) is 18.2 Å². The maximum atomic E-state index is 14.0. The summed E-state index contributed by atoms with van der Waals surface area (Å²) in [5.74, 6) is 1.12. The van der Waals surface area contributed by atoms with Crippen molar-refractivity contribution in [3.8, 4) is 12.3 Å². The van der Waals surface area contributed by atoms with Gasteiger partial charge in [0.1, 0.15) is 29.8 Å². The van der Waals surface area contributed by atoms with Gasteiger partial charge in [0, 0.05) is 7.05 Å². The highest BCUT2D eigenvalue weighted by molar-refractivity contribution is 7.99. The van der Waals surface area contributed by atoms with Crippen LogP contribution in [0.1, 0.15) is 66.0 Å². The van der Waals surface area contributed by atoms with Gasteiger partial charge in [0.2, 0.25) is 23.6 Å². The average molecular weight is 614 g/mol. The number of nitrogens with zero attached hydrogens (tertiary/aromatic N) is 2. The molecule has 2 fully saturated rings. The molecule has 5 atom stereocenters. The summed E-state index contributed by atoms with van der Waals surface area (Å²) in [5, 5.41) is 8.02. The number of nitrogens with one attached hydrogen (secondary N) is 3. The van der Waals surface area contributed by atoms with Gasteiger partial charge >= 0.3 is 6.09 Å². The van der Waals surface area contributed by atoms with Crippen molar-refractivity contribution in [3.05, 3.63) is 35.9 Å². The zero-order valence-corrected chi connectivity index (χ0v) is 26.7. The molecule has 1 aromatic carbocycles. The summed E-state index contributed by atoms with van der Waals surface area (Å²) >= 11 is 1.56. The second-order valence-corrected chi connectivity index (χ2v) is 13.8. The number of carbonyl (C=O) groups is 5. The Balaban J connectivity index is 1.82. The lowest BCUT2D eigenvalue weighted by atomic mass is 9.83. The Morgan fingerprint density at radius 2 is 1.84 bits per heavy atom. The van der Waals surface area contributed by atoms with Crippen molar-refractivity contribution < 1.29 is 28.7 Å². The molecular formula is C31H43N5O6S. The summed E-state index contributed by atoms with van der Waals surface area (Å²) in [7, 11) is 1.46. The van der Waals surface area contributed by atoms with Crippen LogP contribution in [0.15, 0.2) is 30.3 Å². The predicted octanol–water partition coefficient (Wildman–Crippen LogP) is 2.42. The van der Waals surface area contributed by atoms with E-state index in [2.05, 4.69) is 21.9 Å². The van der Waals surface area contributed by atoms with Crippen LogP contribution >= 0.6 is 11.8 Å². The van der Waals surface area contributed by atoms with Crippen LogP contribution in [0.3, 0.4) is 0 Å². The van der Waals surface area contributed by atoms with Gasteiger partial charge in [-0.25, -0.2) is 4.79 Å². The fourth-order valence-corrected chi connectivity index (χ4v) is 6.80. The number of likely N-dealkylation sites (N-methyl/N-ethyl adjacent to an activating group) is 1. The van der Waals surface area contributed by atoms with Crippen molar-refractivity contribution >= 4 is 41.5 Å². The number of carbonyl (C=O) groups excluding carboxylic acids is 5. The first kappa shape index (κ1) is 33.8. The van der Waals surface area contributed by atoms with Crippen molar-refractivity contribution in [3.63, 3.8) is 0 Å². The van der Waals surface area contributed by atoms with E-state index in [9.17, 15) is 24.0 Å². The molecule has 1 aromatic rings. The Hall–Kier alpha value is -3.72. The molecule has 2 aliphatic heterocycles. The fraction of sp³-hybridized carbons (Fsp3) is 0.581. The second kappa shape index (κ2) is 13.7. The third-order valence-electron chi connectivity index (χ3n) is 7.55. The molecule has 0 unspecified atom stereocenters. The van der Waals surface area contributed by atoms with Gasteiger partial charge in [0.25, 0.3) is 0 Å². The number of terminal acetylenes is 1. The number of ether oxygens (including phenoxy) is 1. The molecule has 2 aliphatic rings. The predicted molar refractivity (Wildman–Crippen MR) is 164 cm³/mol. The number of benzene rings is 1. The van der Waals surface area contributed by atoms with Crippen LogP contribution in [0.2, 0.25) is 0 Å². The molecule has 0 aromatic heterocycles. The summed E-state index contributed by atoms with van der Waals surface area (Å²) in [6, 6.07) is 5.08. The van der Waals surface area contributed by atoms with Crippen LogP contribution in [0, 0.1) is 17.8 Å². The van der Waals surface area contributed by atoms with E-state index in [0.717, 1.165) is 0 Å². The summed E-state index contributed by atoms with van der Waals surface area (Å²) < 4.78 is 5.37. The highest BCUT2D eigenvalue weighted by atomic mass is 32.2. The molecule has 3 N–H and O–H groups in total. The van der Waals surface area contributed by atoms with E-state index in [1.807, 2.05) is 13.8 Å². The molecule has 2 heterocycles. The highest BCUT2D eigenvalue weighted by Gasteiger charge is 2.55. The van der Waals surface area contributed by atoms with Gasteiger partial charge in [0.15, 0.2) is 0 Å².